The van der Waals surface area contributed by atoms with Gasteiger partial charge in [-0.15, -0.1) is 0 Å². The lowest BCUT2D eigenvalue weighted by Crippen LogP contribution is -2.67. The zero-order chi connectivity index (χ0) is 22.6. The van der Waals surface area contributed by atoms with E-state index in [9.17, 15) is 5.11 Å². The van der Waals surface area contributed by atoms with Crippen LogP contribution in [0.25, 0.3) is 0 Å². The van der Waals surface area contributed by atoms with E-state index in [1.807, 2.05) is 0 Å². The first kappa shape index (κ1) is 22.5. The van der Waals surface area contributed by atoms with Crippen molar-refractivity contribution in [2.24, 2.45) is 56.7 Å². The summed E-state index contributed by atoms with van der Waals surface area (Å²) in [5.74, 6) is 4.00. The summed E-state index contributed by atoms with van der Waals surface area (Å²) in [5, 5.41) is 10.9. The van der Waals surface area contributed by atoms with Crippen molar-refractivity contribution in [3.8, 4) is 0 Å². The summed E-state index contributed by atoms with van der Waals surface area (Å²) in [6, 6.07) is 0. The Morgan fingerprint density at radius 2 is 1.52 bits per heavy atom. The molecule has 31 heavy (non-hydrogen) atoms. The topological polar surface area (TPSA) is 20.2 Å². The summed E-state index contributed by atoms with van der Waals surface area (Å²) in [6.07, 6.45) is 14.5. The molecule has 5 aliphatic carbocycles. The molecule has 0 spiro atoms. The Hall–Kier alpha value is -0.300. The van der Waals surface area contributed by atoms with Gasteiger partial charge in [-0.05, 0) is 121 Å². The maximum Gasteiger partial charge on any atom is 0.0594 e. The quantitative estimate of drug-likeness (QED) is 0.389. The van der Waals surface area contributed by atoms with Crippen molar-refractivity contribution in [2.75, 3.05) is 0 Å². The van der Waals surface area contributed by atoms with Crippen molar-refractivity contribution >= 4 is 0 Å². The molecule has 5 aliphatic rings. The molecule has 0 aliphatic heterocycles. The van der Waals surface area contributed by atoms with E-state index in [2.05, 4.69) is 61.5 Å². The van der Waals surface area contributed by atoms with Crippen LogP contribution < -0.4 is 0 Å². The second-order valence-electron chi connectivity index (χ2n) is 14.7. The molecule has 1 heteroatoms. The standard InChI is InChI=1S/C30H50O/c1-19-11-14-27(5)17-18-29(7)21(25(27)20(19)2)9-10-23-28(6)15-13-24(31)26(3,4)22(28)12-16-30(23,29)8/h11,20-25,31H,9-10,12-18H2,1-8H3/t20-,21-,22+,23+,24+,25-,27-,28-,29-,30-/m1/s1. The van der Waals surface area contributed by atoms with Gasteiger partial charge in [-0.1, -0.05) is 60.1 Å². The lowest BCUT2D eigenvalue weighted by atomic mass is 9.31. The minimum Gasteiger partial charge on any atom is -0.393 e. The van der Waals surface area contributed by atoms with Crippen LogP contribution in [0, 0.1) is 56.7 Å². The summed E-state index contributed by atoms with van der Waals surface area (Å²) in [5.41, 5.74) is 3.58. The van der Waals surface area contributed by atoms with Crippen LogP contribution in [0.15, 0.2) is 11.6 Å². The van der Waals surface area contributed by atoms with Crippen LogP contribution in [0.2, 0.25) is 0 Å². The fraction of sp³-hybridized carbons (Fsp3) is 0.933. The molecule has 0 unspecified atom stereocenters. The lowest BCUT2D eigenvalue weighted by Gasteiger charge is -2.73. The second kappa shape index (κ2) is 6.64. The molecule has 0 heterocycles. The minimum absolute atomic E-state index is 0.0665. The van der Waals surface area contributed by atoms with Gasteiger partial charge in [0, 0.05) is 0 Å². The van der Waals surface area contributed by atoms with E-state index < -0.39 is 0 Å². The van der Waals surface area contributed by atoms with Crippen molar-refractivity contribution in [1.29, 1.82) is 0 Å². The Morgan fingerprint density at radius 1 is 0.806 bits per heavy atom. The van der Waals surface area contributed by atoms with E-state index in [4.69, 9.17) is 0 Å². The Balaban J connectivity index is 1.55. The summed E-state index contributed by atoms with van der Waals surface area (Å²) in [4.78, 5) is 0. The van der Waals surface area contributed by atoms with Crippen LogP contribution in [-0.4, -0.2) is 11.2 Å². The average molecular weight is 427 g/mol. The first-order chi connectivity index (χ1) is 14.3. The predicted octanol–water partition coefficient (Wildman–Crippen LogP) is 8.02. The van der Waals surface area contributed by atoms with Crippen LogP contribution in [-0.2, 0) is 0 Å². The van der Waals surface area contributed by atoms with Crippen molar-refractivity contribution in [3.05, 3.63) is 11.6 Å². The van der Waals surface area contributed by atoms with Gasteiger partial charge in [-0.3, -0.25) is 0 Å². The van der Waals surface area contributed by atoms with Crippen LogP contribution in [0.3, 0.4) is 0 Å². The maximum atomic E-state index is 10.9. The monoisotopic (exact) mass is 426 g/mol. The molecular formula is C30H50O. The largest absolute Gasteiger partial charge is 0.393 e. The highest BCUT2D eigenvalue weighted by Gasteiger charge is 2.69. The van der Waals surface area contributed by atoms with Crippen molar-refractivity contribution in [1.82, 2.24) is 0 Å². The third-order valence-electron chi connectivity index (χ3n) is 13.5. The Labute approximate surface area is 192 Å². The molecule has 4 fully saturated rings. The van der Waals surface area contributed by atoms with Gasteiger partial charge < -0.3 is 5.11 Å². The highest BCUT2D eigenvalue weighted by atomic mass is 16.3. The van der Waals surface area contributed by atoms with E-state index in [0.29, 0.717) is 27.6 Å². The summed E-state index contributed by atoms with van der Waals surface area (Å²) in [6.45, 7) is 20.5. The van der Waals surface area contributed by atoms with Crippen molar-refractivity contribution < 1.29 is 5.11 Å². The second-order valence-corrected chi connectivity index (χ2v) is 14.7. The molecule has 10 atom stereocenters. The van der Waals surface area contributed by atoms with Gasteiger partial charge in [0.1, 0.15) is 0 Å². The third-order valence-corrected chi connectivity index (χ3v) is 13.5. The lowest BCUT2D eigenvalue weighted by molar-refractivity contribution is -0.250. The highest BCUT2D eigenvalue weighted by Crippen LogP contribution is 2.76. The smallest absolute Gasteiger partial charge is 0.0594 e. The summed E-state index contributed by atoms with van der Waals surface area (Å²) in [7, 11) is 0. The Bertz CT molecular complexity index is 779. The van der Waals surface area contributed by atoms with Crippen molar-refractivity contribution in [2.45, 2.75) is 119 Å². The molecule has 0 amide bonds. The molecule has 0 radical (unpaired) electrons. The molecule has 0 aromatic carbocycles. The first-order valence-electron chi connectivity index (χ1n) is 13.7. The van der Waals surface area contributed by atoms with Crippen LogP contribution >= 0.6 is 0 Å². The van der Waals surface area contributed by atoms with Gasteiger partial charge in [-0.25, -0.2) is 0 Å². The number of hydrogen-bond acceptors (Lipinski definition) is 1. The summed E-state index contributed by atoms with van der Waals surface area (Å²) >= 11 is 0. The molecule has 0 aromatic rings. The SMILES string of the molecule is CC1=CC[C@]2(C)CC[C@]3(C)[C@H](CC[C@H]4[C@]5(C)CC[C@H](O)C(C)(C)[C@@H]5CC[C@]43C)[C@H]2[C@@H]1C. The molecule has 0 saturated heterocycles. The molecule has 0 bridgehead atoms. The molecule has 5 rings (SSSR count). The number of aliphatic hydroxyl groups is 1. The number of aliphatic hydroxyl groups excluding tert-OH is 1. The number of allylic oxidation sites excluding steroid dienone is 2. The molecule has 0 aromatic heterocycles. The number of fused-ring (bicyclic) bond motifs is 7. The Morgan fingerprint density at radius 3 is 2.23 bits per heavy atom. The molecular weight excluding hydrogens is 376 g/mol. The number of rotatable bonds is 0. The van der Waals surface area contributed by atoms with Gasteiger partial charge in [0.25, 0.3) is 0 Å². The van der Waals surface area contributed by atoms with E-state index in [1.165, 1.54) is 51.4 Å². The summed E-state index contributed by atoms with van der Waals surface area (Å²) < 4.78 is 0. The van der Waals surface area contributed by atoms with Gasteiger partial charge in [0.2, 0.25) is 0 Å². The van der Waals surface area contributed by atoms with Gasteiger partial charge >= 0.3 is 0 Å². The third kappa shape index (κ3) is 2.65. The van der Waals surface area contributed by atoms with Gasteiger partial charge in [0.15, 0.2) is 0 Å². The zero-order valence-electron chi connectivity index (χ0n) is 21.9. The first-order valence-corrected chi connectivity index (χ1v) is 13.7. The van der Waals surface area contributed by atoms with Crippen molar-refractivity contribution in [3.63, 3.8) is 0 Å². The highest BCUT2D eigenvalue weighted by molar-refractivity contribution is 5.22. The zero-order valence-corrected chi connectivity index (χ0v) is 21.9. The van der Waals surface area contributed by atoms with E-state index in [1.54, 1.807) is 5.57 Å². The minimum atomic E-state index is -0.116. The predicted molar refractivity (Wildman–Crippen MR) is 131 cm³/mol. The van der Waals surface area contributed by atoms with Crippen LogP contribution in [0.1, 0.15) is 113 Å². The van der Waals surface area contributed by atoms with Gasteiger partial charge in [-0.2, -0.15) is 0 Å². The van der Waals surface area contributed by atoms with E-state index in [0.717, 1.165) is 30.1 Å². The maximum absolute atomic E-state index is 10.9. The van der Waals surface area contributed by atoms with Crippen LogP contribution in [0.4, 0.5) is 0 Å². The van der Waals surface area contributed by atoms with Crippen LogP contribution in [0.5, 0.6) is 0 Å². The fourth-order valence-electron chi connectivity index (χ4n) is 11.3. The molecule has 176 valence electrons. The Kier molecular flexibility index (Phi) is 4.82. The number of hydrogen-bond donors (Lipinski definition) is 1. The van der Waals surface area contributed by atoms with E-state index >= 15 is 0 Å². The van der Waals surface area contributed by atoms with E-state index in [-0.39, 0.29) is 11.5 Å². The fourth-order valence-corrected chi connectivity index (χ4v) is 11.3. The average Bonchev–Trinajstić information content (AvgIpc) is 2.69. The molecule has 1 N–H and O–H groups in total. The van der Waals surface area contributed by atoms with Gasteiger partial charge in [0.05, 0.1) is 6.10 Å². The molecule has 1 nitrogen and oxygen atoms in total. The normalized spacial score (nSPS) is 58.3. The molecule has 4 saturated carbocycles.